The van der Waals surface area contributed by atoms with Crippen LogP contribution < -0.4 is 0 Å². The van der Waals surface area contributed by atoms with E-state index in [0.29, 0.717) is 11.3 Å². The van der Waals surface area contributed by atoms with Gasteiger partial charge < -0.3 is 5.11 Å². The van der Waals surface area contributed by atoms with Crippen LogP contribution >= 0.6 is 10.6 Å². The maximum atomic E-state index is 12.0. The van der Waals surface area contributed by atoms with Gasteiger partial charge in [0.05, 0.1) is 16.3 Å². The summed E-state index contributed by atoms with van der Waals surface area (Å²) in [5.74, 6) is 0.0529. The van der Waals surface area contributed by atoms with Gasteiger partial charge in [0.2, 0.25) is 0 Å². The number of rotatable bonds is 8. The zero-order valence-corrected chi connectivity index (χ0v) is 19.6. The number of hydrogen-bond acceptors (Lipinski definition) is 11. The van der Waals surface area contributed by atoms with Crippen LogP contribution in [0.2, 0.25) is 0 Å². The second-order valence-electron chi connectivity index (χ2n) is 7.31. The van der Waals surface area contributed by atoms with Gasteiger partial charge in [-0.25, -0.2) is 0 Å². The highest BCUT2D eigenvalue weighted by atomic mass is 32.3. The lowest BCUT2D eigenvalue weighted by molar-refractivity contribution is 0.477. The third-order valence-electron chi connectivity index (χ3n) is 5.13. The van der Waals surface area contributed by atoms with Gasteiger partial charge >= 0.3 is 0 Å². The van der Waals surface area contributed by atoms with E-state index in [-0.39, 0.29) is 22.2 Å². The Kier molecular flexibility index (Phi) is 6.65. The Morgan fingerprint density at radius 3 is 1.92 bits per heavy atom. The highest BCUT2D eigenvalue weighted by Crippen LogP contribution is 2.60. The summed E-state index contributed by atoms with van der Waals surface area (Å²) in [4.78, 5) is 32.3. The number of nitroso groups, excluding NO2 is 3. The average molecular weight is 526 g/mol. The summed E-state index contributed by atoms with van der Waals surface area (Å²) >= 11 is 0. The standard InChI is InChI=1S/C22H15N5O7S2/c28-21-9-8-17(11-19(21)14-4-2-1-3-5-14)24-23-16-7-6-15-10-18(35(25-29,26-30)27-31)13-22(20(15)12-16)36(32,33)34/h1-13,28H,(H,32,33,34). The third-order valence-corrected chi connectivity index (χ3v) is 7.51. The zero-order chi connectivity index (χ0) is 25.9. The molecule has 4 rings (SSSR count). The molecule has 0 aliphatic carbocycles. The van der Waals surface area contributed by atoms with Gasteiger partial charge in [0.1, 0.15) is 10.6 Å². The van der Waals surface area contributed by atoms with E-state index in [1.165, 1.54) is 30.3 Å². The Hall–Kier alpha value is -4.40. The molecule has 36 heavy (non-hydrogen) atoms. The molecule has 0 saturated heterocycles. The van der Waals surface area contributed by atoms with E-state index < -0.39 is 30.5 Å². The molecule has 0 fully saturated rings. The maximum absolute atomic E-state index is 12.0. The quantitative estimate of drug-likeness (QED) is 0.139. The van der Waals surface area contributed by atoms with Gasteiger partial charge in [-0.15, -0.1) is 14.7 Å². The average Bonchev–Trinajstić information content (AvgIpc) is 2.89. The van der Waals surface area contributed by atoms with Crippen molar-refractivity contribution in [2.24, 2.45) is 24.0 Å². The molecule has 0 radical (unpaired) electrons. The van der Waals surface area contributed by atoms with Crippen LogP contribution in [0.25, 0.3) is 21.9 Å². The SMILES string of the molecule is O=NS(N=O)(N=O)c1cc(S(=O)(=O)O)c2cc(N=Nc3ccc(O)c(-c4ccccc4)c3)ccc2c1. The summed E-state index contributed by atoms with van der Waals surface area (Å²) in [6.45, 7) is 0. The number of aromatic hydroxyl groups is 1. The molecule has 4 aromatic rings. The van der Waals surface area contributed by atoms with Crippen molar-refractivity contribution < 1.29 is 18.1 Å². The third kappa shape index (κ3) is 4.72. The Morgan fingerprint density at radius 1 is 0.694 bits per heavy atom. The molecule has 0 aliphatic heterocycles. The van der Waals surface area contributed by atoms with Crippen LogP contribution in [0.1, 0.15) is 0 Å². The zero-order valence-electron chi connectivity index (χ0n) is 18.0. The van der Waals surface area contributed by atoms with Crippen LogP contribution in [-0.2, 0) is 10.1 Å². The molecule has 0 aromatic heterocycles. The lowest BCUT2D eigenvalue weighted by atomic mass is 10.0. The van der Waals surface area contributed by atoms with Crippen molar-refractivity contribution in [1.82, 2.24) is 0 Å². The van der Waals surface area contributed by atoms with Crippen LogP contribution in [-0.4, -0.2) is 18.1 Å². The van der Waals surface area contributed by atoms with Crippen molar-refractivity contribution in [3.8, 4) is 16.9 Å². The lowest BCUT2D eigenvalue weighted by Crippen LogP contribution is -2.01. The maximum Gasteiger partial charge on any atom is 0.295 e. The molecule has 12 nitrogen and oxygen atoms in total. The smallest absolute Gasteiger partial charge is 0.295 e. The van der Waals surface area contributed by atoms with Crippen molar-refractivity contribution in [2.75, 3.05) is 0 Å². The minimum absolute atomic E-state index is 0.0237. The molecule has 0 spiro atoms. The molecule has 2 N–H and O–H groups in total. The predicted molar refractivity (Wildman–Crippen MR) is 135 cm³/mol. The number of nitrogens with zero attached hydrogens (tertiary/aromatic N) is 5. The van der Waals surface area contributed by atoms with Crippen LogP contribution in [0.4, 0.5) is 11.4 Å². The number of benzene rings is 4. The first kappa shape index (κ1) is 24.7. The Labute approximate surface area is 205 Å². The van der Waals surface area contributed by atoms with E-state index in [9.17, 15) is 32.8 Å². The van der Waals surface area contributed by atoms with Gasteiger partial charge in [-0.05, 0) is 53.4 Å². The molecule has 0 heterocycles. The van der Waals surface area contributed by atoms with Gasteiger partial charge in [0.15, 0.2) is 10.6 Å². The molecule has 4 aromatic carbocycles. The lowest BCUT2D eigenvalue weighted by Gasteiger charge is -2.16. The topological polar surface area (TPSA) is 188 Å². The summed E-state index contributed by atoms with van der Waals surface area (Å²) in [7, 11) is -8.86. The van der Waals surface area contributed by atoms with E-state index in [4.69, 9.17) is 0 Å². The van der Waals surface area contributed by atoms with Gasteiger partial charge in [-0.1, -0.05) is 36.4 Å². The van der Waals surface area contributed by atoms with Crippen molar-refractivity contribution >= 4 is 42.9 Å². The fourth-order valence-corrected chi connectivity index (χ4v) is 5.15. The largest absolute Gasteiger partial charge is 0.507 e. The number of hydrogen-bond donors (Lipinski definition) is 2. The minimum Gasteiger partial charge on any atom is -0.507 e. The monoisotopic (exact) mass is 525 g/mol. The molecule has 14 heteroatoms. The summed E-state index contributed by atoms with van der Waals surface area (Å²) in [6, 6.07) is 19.8. The van der Waals surface area contributed by atoms with Crippen LogP contribution in [0.3, 0.4) is 0 Å². The summed E-state index contributed by atoms with van der Waals surface area (Å²) in [5.41, 5.74) is 1.90. The van der Waals surface area contributed by atoms with Crippen LogP contribution in [0, 0.1) is 14.7 Å². The van der Waals surface area contributed by atoms with E-state index in [1.54, 1.807) is 6.07 Å². The number of azo groups is 1. The van der Waals surface area contributed by atoms with Crippen molar-refractivity contribution in [2.45, 2.75) is 9.79 Å². The first-order chi connectivity index (χ1) is 17.2. The Morgan fingerprint density at radius 2 is 1.31 bits per heavy atom. The van der Waals surface area contributed by atoms with E-state index >= 15 is 0 Å². The summed E-state index contributed by atoms with van der Waals surface area (Å²) < 4.78 is 41.1. The first-order valence-electron chi connectivity index (χ1n) is 9.93. The molecule has 0 aliphatic rings. The van der Waals surface area contributed by atoms with E-state index in [0.717, 1.165) is 17.7 Å². The normalized spacial score (nSPS) is 12.5. The number of phenolic OH excluding ortho intramolecular Hbond substituents is 1. The molecular formula is C22H15N5O7S2. The second kappa shape index (κ2) is 9.69. The molecule has 0 amide bonds. The fraction of sp³-hybridized carbons (Fsp3) is 0. The molecule has 0 bridgehead atoms. The highest BCUT2D eigenvalue weighted by Gasteiger charge is 2.33. The van der Waals surface area contributed by atoms with Crippen LogP contribution in [0.15, 0.2) is 113 Å². The Bertz CT molecular complexity index is 1620. The summed E-state index contributed by atoms with van der Waals surface area (Å²) in [6.07, 6.45) is 0. The fourth-order valence-electron chi connectivity index (χ4n) is 3.44. The van der Waals surface area contributed by atoms with Crippen molar-refractivity contribution in [1.29, 1.82) is 0 Å². The molecule has 0 atom stereocenters. The molecule has 0 saturated carbocycles. The van der Waals surface area contributed by atoms with Gasteiger partial charge in [-0.3, -0.25) is 4.55 Å². The molecular weight excluding hydrogens is 510 g/mol. The first-order valence-corrected chi connectivity index (χ1v) is 12.9. The van der Waals surface area contributed by atoms with Crippen molar-refractivity contribution in [3.05, 3.63) is 93.6 Å². The number of phenols is 1. The van der Waals surface area contributed by atoms with E-state index in [2.05, 4.69) is 24.0 Å². The molecule has 0 unspecified atom stereocenters. The van der Waals surface area contributed by atoms with Crippen molar-refractivity contribution in [3.63, 3.8) is 0 Å². The van der Waals surface area contributed by atoms with Gasteiger partial charge in [-0.2, -0.15) is 18.6 Å². The molecule has 182 valence electrons. The highest BCUT2D eigenvalue weighted by molar-refractivity contribution is 8.30. The van der Waals surface area contributed by atoms with E-state index in [1.807, 2.05) is 30.3 Å². The second-order valence-corrected chi connectivity index (χ2v) is 10.7. The van der Waals surface area contributed by atoms with Gasteiger partial charge in [0, 0.05) is 24.7 Å². The minimum atomic E-state index is -4.88. The van der Waals surface area contributed by atoms with Gasteiger partial charge in [0.25, 0.3) is 10.1 Å². The van der Waals surface area contributed by atoms with Crippen LogP contribution in [0.5, 0.6) is 5.75 Å². The Balaban J connectivity index is 1.79. The number of fused-ring (bicyclic) bond motifs is 1. The summed E-state index contributed by atoms with van der Waals surface area (Å²) in [5, 5.41) is 18.6. The predicted octanol–water partition coefficient (Wildman–Crippen LogP) is 7.08.